The smallest absolute Gasteiger partial charge is 0.191 e. The molecule has 0 saturated heterocycles. The van der Waals surface area contributed by atoms with Gasteiger partial charge in [0, 0.05) is 6.07 Å². The van der Waals surface area contributed by atoms with Crippen molar-refractivity contribution < 1.29 is 5.11 Å². The standard InChI is InChI=1S/C5H4N2OS/c8-4-1-3-5(7-4)6-2-9-3/h1-2,7-8H. The summed E-state index contributed by atoms with van der Waals surface area (Å²) in [6, 6.07) is 1.66. The number of nitrogens with zero attached hydrogens (tertiary/aromatic N) is 1. The summed E-state index contributed by atoms with van der Waals surface area (Å²) in [7, 11) is 0. The van der Waals surface area contributed by atoms with Gasteiger partial charge in [-0.25, -0.2) is 4.98 Å². The maximum Gasteiger partial charge on any atom is 0.191 e. The summed E-state index contributed by atoms with van der Waals surface area (Å²) in [5, 5.41) is 8.86. The maximum atomic E-state index is 8.86. The first kappa shape index (κ1) is 4.81. The van der Waals surface area contributed by atoms with Gasteiger partial charge in [0.15, 0.2) is 11.5 Å². The third kappa shape index (κ3) is 0.598. The Morgan fingerprint density at radius 1 is 1.67 bits per heavy atom. The predicted octanol–water partition coefficient (Wildman–Crippen LogP) is 1.33. The fourth-order valence-corrected chi connectivity index (χ4v) is 1.40. The van der Waals surface area contributed by atoms with Gasteiger partial charge in [-0.05, 0) is 0 Å². The maximum absolute atomic E-state index is 8.86. The summed E-state index contributed by atoms with van der Waals surface area (Å²) in [6.07, 6.45) is 0. The van der Waals surface area contributed by atoms with E-state index in [2.05, 4.69) is 9.97 Å². The topological polar surface area (TPSA) is 48.9 Å². The van der Waals surface area contributed by atoms with E-state index in [1.165, 1.54) is 11.3 Å². The minimum atomic E-state index is 0.185. The van der Waals surface area contributed by atoms with E-state index in [-0.39, 0.29) is 5.88 Å². The van der Waals surface area contributed by atoms with Crippen molar-refractivity contribution >= 4 is 21.7 Å². The minimum Gasteiger partial charge on any atom is -0.495 e. The highest BCUT2D eigenvalue weighted by Crippen LogP contribution is 2.21. The van der Waals surface area contributed by atoms with Crippen LogP contribution in [0.3, 0.4) is 0 Å². The van der Waals surface area contributed by atoms with Crippen LogP contribution in [0.15, 0.2) is 11.6 Å². The van der Waals surface area contributed by atoms with E-state index in [1.807, 2.05) is 0 Å². The Morgan fingerprint density at radius 3 is 3.33 bits per heavy atom. The van der Waals surface area contributed by atoms with Crippen LogP contribution in [0.2, 0.25) is 0 Å². The average Bonchev–Trinajstić information content (AvgIpc) is 2.22. The van der Waals surface area contributed by atoms with E-state index in [0.29, 0.717) is 0 Å². The second kappa shape index (κ2) is 1.48. The highest BCUT2D eigenvalue weighted by atomic mass is 32.1. The van der Waals surface area contributed by atoms with Crippen molar-refractivity contribution in [3.05, 3.63) is 11.6 Å². The first-order valence-corrected chi connectivity index (χ1v) is 3.35. The number of rotatable bonds is 0. The van der Waals surface area contributed by atoms with Crippen LogP contribution in [-0.4, -0.2) is 15.1 Å². The molecule has 4 heteroatoms. The number of hydrogen-bond acceptors (Lipinski definition) is 3. The van der Waals surface area contributed by atoms with Gasteiger partial charge in [0.05, 0.1) is 10.2 Å². The van der Waals surface area contributed by atoms with Crippen LogP contribution in [0.5, 0.6) is 5.88 Å². The largest absolute Gasteiger partial charge is 0.495 e. The van der Waals surface area contributed by atoms with Crippen molar-refractivity contribution in [2.75, 3.05) is 0 Å². The third-order valence-corrected chi connectivity index (χ3v) is 1.89. The van der Waals surface area contributed by atoms with Gasteiger partial charge in [-0.15, -0.1) is 11.3 Å². The summed E-state index contributed by atoms with van der Waals surface area (Å²) in [5.41, 5.74) is 2.50. The molecule has 0 aliphatic rings. The number of fused-ring (bicyclic) bond motifs is 1. The van der Waals surface area contributed by atoms with Gasteiger partial charge in [-0.3, -0.25) is 0 Å². The summed E-state index contributed by atoms with van der Waals surface area (Å²) < 4.78 is 0.993. The van der Waals surface area contributed by atoms with Crippen LogP contribution in [0.25, 0.3) is 10.3 Å². The van der Waals surface area contributed by atoms with Crippen molar-refractivity contribution in [1.29, 1.82) is 0 Å². The molecule has 0 fully saturated rings. The number of nitrogens with one attached hydrogen (secondary N) is 1. The van der Waals surface area contributed by atoms with Crippen molar-refractivity contribution in [2.24, 2.45) is 0 Å². The molecule has 2 rings (SSSR count). The quantitative estimate of drug-likeness (QED) is 0.580. The van der Waals surface area contributed by atoms with Gasteiger partial charge in [0.25, 0.3) is 0 Å². The molecular weight excluding hydrogens is 136 g/mol. The molecule has 0 aromatic carbocycles. The average molecular weight is 140 g/mol. The number of aromatic nitrogens is 2. The number of aromatic hydroxyl groups is 1. The van der Waals surface area contributed by atoms with E-state index in [0.717, 1.165) is 10.3 Å². The lowest BCUT2D eigenvalue weighted by atomic mass is 10.6. The molecule has 2 aromatic rings. The van der Waals surface area contributed by atoms with E-state index in [4.69, 9.17) is 5.11 Å². The molecule has 9 heavy (non-hydrogen) atoms. The first-order chi connectivity index (χ1) is 4.36. The molecule has 0 unspecified atom stereocenters. The second-order valence-corrected chi connectivity index (χ2v) is 2.61. The summed E-state index contributed by atoms with van der Waals surface area (Å²) in [5.74, 6) is 0.185. The molecule has 0 bridgehead atoms. The van der Waals surface area contributed by atoms with Crippen molar-refractivity contribution in [1.82, 2.24) is 9.97 Å². The SMILES string of the molecule is Oc1cc2scnc2[nH]1. The monoisotopic (exact) mass is 140 g/mol. The molecule has 0 atom stereocenters. The number of aromatic amines is 1. The van der Waals surface area contributed by atoms with Gasteiger partial charge in [-0.2, -0.15) is 0 Å². The molecule has 46 valence electrons. The first-order valence-electron chi connectivity index (χ1n) is 2.47. The van der Waals surface area contributed by atoms with E-state index < -0.39 is 0 Å². The van der Waals surface area contributed by atoms with Crippen molar-refractivity contribution in [3.63, 3.8) is 0 Å². The normalized spacial score (nSPS) is 10.7. The second-order valence-electron chi connectivity index (χ2n) is 1.72. The van der Waals surface area contributed by atoms with Crippen molar-refractivity contribution in [2.45, 2.75) is 0 Å². The molecule has 0 spiro atoms. The number of H-pyrrole nitrogens is 1. The Kier molecular flexibility index (Phi) is 0.790. The lowest BCUT2D eigenvalue weighted by Gasteiger charge is -1.74. The highest BCUT2D eigenvalue weighted by Gasteiger charge is 1.98. The van der Waals surface area contributed by atoms with E-state index in [9.17, 15) is 0 Å². The Labute approximate surface area is 55.0 Å². The Bertz CT molecular complexity index is 296. The van der Waals surface area contributed by atoms with Crippen LogP contribution in [-0.2, 0) is 0 Å². The highest BCUT2D eigenvalue weighted by molar-refractivity contribution is 7.16. The zero-order valence-corrected chi connectivity index (χ0v) is 5.27. The van der Waals surface area contributed by atoms with Gasteiger partial charge >= 0.3 is 0 Å². The summed E-state index contributed by atoms with van der Waals surface area (Å²) in [4.78, 5) is 6.64. The van der Waals surface area contributed by atoms with Gasteiger partial charge in [0.1, 0.15) is 0 Å². The van der Waals surface area contributed by atoms with Crippen LogP contribution >= 0.6 is 11.3 Å². The molecule has 2 aromatic heterocycles. The fraction of sp³-hybridized carbons (Fsp3) is 0. The lowest BCUT2D eigenvalue weighted by molar-refractivity contribution is 0.458. The molecule has 2 N–H and O–H groups in total. The Balaban J connectivity index is 2.92. The zero-order valence-electron chi connectivity index (χ0n) is 4.46. The molecular formula is C5H4N2OS. The third-order valence-electron chi connectivity index (χ3n) is 1.11. The lowest BCUT2D eigenvalue weighted by Crippen LogP contribution is -1.62. The van der Waals surface area contributed by atoms with E-state index >= 15 is 0 Å². The Hall–Kier alpha value is -1.03. The fourth-order valence-electron chi connectivity index (χ4n) is 0.733. The summed E-state index contributed by atoms with van der Waals surface area (Å²) >= 11 is 1.51. The zero-order chi connectivity index (χ0) is 6.27. The van der Waals surface area contributed by atoms with Crippen LogP contribution in [0, 0.1) is 0 Å². The van der Waals surface area contributed by atoms with Crippen LogP contribution in [0.4, 0.5) is 0 Å². The molecule has 0 radical (unpaired) electrons. The molecule has 0 aliphatic carbocycles. The number of thiazole rings is 1. The van der Waals surface area contributed by atoms with Gasteiger partial charge < -0.3 is 10.1 Å². The molecule has 2 heterocycles. The molecule has 0 amide bonds. The minimum absolute atomic E-state index is 0.185. The van der Waals surface area contributed by atoms with E-state index in [1.54, 1.807) is 11.6 Å². The van der Waals surface area contributed by atoms with Gasteiger partial charge in [0.2, 0.25) is 0 Å². The number of hydrogen-bond donors (Lipinski definition) is 2. The summed E-state index contributed by atoms with van der Waals surface area (Å²) in [6.45, 7) is 0. The predicted molar refractivity (Wildman–Crippen MR) is 35.6 cm³/mol. The van der Waals surface area contributed by atoms with Gasteiger partial charge in [-0.1, -0.05) is 0 Å². The van der Waals surface area contributed by atoms with Crippen molar-refractivity contribution in [3.8, 4) is 5.88 Å². The van der Waals surface area contributed by atoms with Crippen LogP contribution < -0.4 is 0 Å². The molecule has 0 saturated carbocycles. The van der Waals surface area contributed by atoms with Crippen LogP contribution in [0.1, 0.15) is 0 Å². The Morgan fingerprint density at radius 2 is 2.56 bits per heavy atom. The molecule has 0 aliphatic heterocycles. The molecule has 3 nitrogen and oxygen atoms in total.